The molecule has 3 aromatic rings. The van der Waals surface area contributed by atoms with Crippen molar-refractivity contribution in [2.75, 3.05) is 20.3 Å². The van der Waals surface area contributed by atoms with Crippen LogP contribution in [0.5, 0.6) is 5.75 Å². The van der Waals surface area contributed by atoms with E-state index in [0.717, 1.165) is 51.4 Å². The highest BCUT2D eigenvalue weighted by atomic mass is 79.9. The molecular formula is C22H23BrN2O2S. The highest BCUT2D eigenvalue weighted by Gasteiger charge is 2.17. The lowest BCUT2D eigenvalue weighted by Gasteiger charge is -2.13. The number of methoxy groups -OCH3 is 1. The van der Waals surface area contributed by atoms with Gasteiger partial charge in [0, 0.05) is 27.7 Å². The summed E-state index contributed by atoms with van der Waals surface area (Å²) < 4.78 is 14.7. The molecular weight excluding hydrogens is 436 g/mol. The van der Waals surface area contributed by atoms with Crippen LogP contribution in [-0.4, -0.2) is 30.9 Å². The molecule has 4 nitrogen and oxygen atoms in total. The van der Waals surface area contributed by atoms with E-state index in [1.165, 1.54) is 5.56 Å². The first-order chi connectivity index (χ1) is 13.7. The molecule has 0 radical (unpaired) electrons. The van der Waals surface area contributed by atoms with Crippen molar-refractivity contribution >= 4 is 27.3 Å². The second kappa shape index (κ2) is 8.64. The molecule has 2 heterocycles. The molecule has 1 atom stereocenters. The van der Waals surface area contributed by atoms with Gasteiger partial charge in [-0.05, 0) is 56.2 Å². The van der Waals surface area contributed by atoms with Gasteiger partial charge in [0.2, 0.25) is 0 Å². The number of hydrogen-bond donors (Lipinski definition) is 0. The highest BCUT2D eigenvalue weighted by molar-refractivity contribution is 9.10. The smallest absolute Gasteiger partial charge is 0.189 e. The van der Waals surface area contributed by atoms with Gasteiger partial charge in [0.15, 0.2) is 4.80 Å². The maximum Gasteiger partial charge on any atom is 0.189 e. The zero-order valence-corrected chi connectivity index (χ0v) is 18.4. The normalized spacial score (nSPS) is 17.2. The van der Waals surface area contributed by atoms with E-state index in [2.05, 4.69) is 69.2 Å². The molecule has 0 saturated carbocycles. The summed E-state index contributed by atoms with van der Waals surface area (Å²) in [4.78, 5) is 5.88. The topological polar surface area (TPSA) is 35.8 Å². The quantitative estimate of drug-likeness (QED) is 0.515. The van der Waals surface area contributed by atoms with E-state index in [1.54, 1.807) is 18.4 Å². The van der Waals surface area contributed by atoms with Crippen LogP contribution < -0.4 is 9.54 Å². The number of ether oxygens (including phenoxy) is 2. The Hall–Kier alpha value is -1.89. The second-order valence-corrected chi connectivity index (χ2v) is 8.65. The van der Waals surface area contributed by atoms with E-state index in [-0.39, 0.29) is 6.10 Å². The van der Waals surface area contributed by atoms with Crippen molar-refractivity contribution in [1.82, 2.24) is 4.57 Å². The van der Waals surface area contributed by atoms with Gasteiger partial charge in [-0.2, -0.15) is 0 Å². The number of nitrogens with zero attached hydrogens (tertiary/aromatic N) is 2. The fourth-order valence-corrected chi connectivity index (χ4v) is 4.61. The van der Waals surface area contributed by atoms with Gasteiger partial charge in [0.1, 0.15) is 5.75 Å². The predicted octanol–water partition coefficient (Wildman–Crippen LogP) is 5.37. The van der Waals surface area contributed by atoms with Crippen molar-refractivity contribution < 1.29 is 9.47 Å². The van der Waals surface area contributed by atoms with Crippen LogP contribution in [0.1, 0.15) is 18.4 Å². The van der Waals surface area contributed by atoms with Crippen molar-refractivity contribution in [2.24, 2.45) is 4.99 Å². The molecule has 0 spiro atoms. The Labute approximate surface area is 177 Å². The number of rotatable bonds is 5. The number of benzene rings is 2. The van der Waals surface area contributed by atoms with Gasteiger partial charge in [-0.15, -0.1) is 11.3 Å². The molecule has 1 aliphatic heterocycles. The Balaban J connectivity index is 1.86. The van der Waals surface area contributed by atoms with Crippen LogP contribution in [-0.2, 0) is 4.74 Å². The Kier molecular flexibility index (Phi) is 5.99. The third kappa shape index (κ3) is 4.09. The minimum Gasteiger partial charge on any atom is -0.496 e. The van der Waals surface area contributed by atoms with Crippen LogP contribution in [0.4, 0.5) is 0 Å². The van der Waals surface area contributed by atoms with Gasteiger partial charge in [0.05, 0.1) is 25.5 Å². The first-order valence-corrected chi connectivity index (χ1v) is 11.1. The summed E-state index contributed by atoms with van der Waals surface area (Å²) in [5.41, 5.74) is 4.43. The van der Waals surface area contributed by atoms with Gasteiger partial charge in [-0.1, -0.05) is 27.6 Å². The maximum absolute atomic E-state index is 5.76. The van der Waals surface area contributed by atoms with Gasteiger partial charge in [0.25, 0.3) is 0 Å². The standard InChI is InChI=1S/C22H23BrN2O2S/c1-15-5-10-21(26-2)19(12-15)20-14-28-22(24-13-18-4-3-11-27-18)25(20)17-8-6-16(23)7-9-17/h5-10,12,14,18H,3-4,11,13H2,1-2H3/t18-/m0/s1. The average molecular weight is 459 g/mol. The summed E-state index contributed by atoms with van der Waals surface area (Å²) >= 11 is 5.18. The van der Waals surface area contributed by atoms with Crippen LogP contribution in [0.25, 0.3) is 16.9 Å². The van der Waals surface area contributed by atoms with Crippen LogP contribution >= 0.6 is 27.3 Å². The fourth-order valence-electron chi connectivity index (χ4n) is 3.44. The van der Waals surface area contributed by atoms with Crippen LogP contribution in [0.15, 0.2) is 57.3 Å². The fraction of sp³-hybridized carbons (Fsp3) is 0.318. The second-order valence-electron chi connectivity index (χ2n) is 6.89. The van der Waals surface area contributed by atoms with E-state index < -0.39 is 0 Å². The number of halogens is 1. The van der Waals surface area contributed by atoms with E-state index in [9.17, 15) is 0 Å². The predicted molar refractivity (Wildman–Crippen MR) is 117 cm³/mol. The summed E-state index contributed by atoms with van der Waals surface area (Å²) in [6, 6.07) is 14.6. The Morgan fingerprint density at radius 3 is 2.79 bits per heavy atom. The lowest BCUT2D eigenvalue weighted by Crippen LogP contribution is -2.18. The Bertz CT molecular complexity index is 1020. The number of aryl methyl sites for hydroxylation is 1. The molecule has 1 aromatic heterocycles. The summed E-state index contributed by atoms with van der Waals surface area (Å²) in [5.74, 6) is 0.861. The summed E-state index contributed by atoms with van der Waals surface area (Å²) in [6.45, 7) is 3.65. The van der Waals surface area contributed by atoms with Crippen molar-refractivity contribution in [3.63, 3.8) is 0 Å². The first-order valence-electron chi connectivity index (χ1n) is 9.39. The van der Waals surface area contributed by atoms with Crippen molar-refractivity contribution in [3.8, 4) is 22.7 Å². The minimum absolute atomic E-state index is 0.234. The molecule has 146 valence electrons. The molecule has 0 aliphatic carbocycles. The number of aromatic nitrogens is 1. The third-order valence-corrected chi connectivity index (χ3v) is 6.27. The van der Waals surface area contributed by atoms with Crippen LogP contribution in [0, 0.1) is 6.92 Å². The number of thiazole rings is 1. The van der Waals surface area contributed by atoms with Gasteiger partial charge < -0.3 is 9.47 Å². The van der Waals surface area contributed by atoms with Gasteiger partial charge in [-0.25, -0.2) is 0 Å². The number of hydrogen-bond acceptors (Lipinski definition) is 4. The van der Waals surface area contributed by atoms with Crippen LogP contribution in [0.3, 0.4) is 0 Å². The van der Waals surface area contributed by atoms with Gasteiger partial charge in [-0.3, -0.25) is 9.56 Å². The maximum atomic E-state index is 5.76. The molecule has 0 bridgehead atoms. The molecule has 0 amide bonds. The lowest BCUT2D eigenvalue weighted by atomic mass is 10.1. The summed E-state index contributed by atoms with van der Waals surface area (Å²) in [6.07, 6.45) is 2.45. The molecule has 1 aliphatic rings. The lowest BCUT2D eigenvalue weighted by molar-refractivity contribution is 0.117. The average Bonchev–Trinajstić information content (AvgIpc) is 3.36. The monoisotopic (exact) mass is 458 g/mol. The zero-order chi connectivity index (χ0) is 19.5. The molecule has 2 aromatic carbocycles. The van der Waals surface area contributed by atoms with Crippen molar-refractivity contribution in [2.45, 2.75) is 25.9 Å². The van der Waals surface area contributed by atoms with E-state index in [1.807, 2.05) is 6.07 Å². The third-order valence-electron chi connectivity index (χ3n) is 4.88. The molecule has 28 heavy (non-hydrogen) atoms. The molecule has 0 unspecified atom stereocenters. The van der Waals surface area contributed by atoms with Crippen molar-refractivity contribution in [3.05, 3.63) is 62.7 Å². The van der Waals surface area contributed by atoms with E-state index in [0.29, 0.717) is 6.54 Å². The Morgan fingerprint density at radius 1 is 1.25 bits per heavy atom. The zero-order valence-electron chi connectivity index (χ0n) is 16.0. The highest BCUT2D eigenvalue weighted by Crippen LogP contribution is 2.33. The first kappa shape index (κ1) is 19.4. The van der Waals surface area contributed by atoms with Crippen molar-refractivity contribution in [1.29, 1.82) is 0 Å². The summed E-state index contributed by atoms with van der Waals surface area (Å²) in [7, 11) is 1.72. The molecule has 1 saturated heterocycles. The minimum atomic E-state index is 0.234. The van der Waals surface area contributed by atoms with E-state index >= 15 is 0 Å². The molecule has 6 heteroatoms. The Morgan fingerprint density at radius 2 is 2.07 bits per heavy atom. The van der Waals surface area contributed by atoms with E-state index in [4.69, 9.17) is 14.5 Å². The largest absolute Gasteiger partial charge is 0.496 e. The van der Waals surface area contributed by atoms with Crippen LogP contribution in [0.2, 0.25) is 0 Å². The summed E-state index contributed by atoms with van der Waals surface area (Å²) in [5, 5.41) is 2.16. The van der Waals surface area contributed by atoms with Gasteiger partial charge >= 0.3 is 0 Å². The molecule has 0 N–H and O–H groups in total. The molecule has 4 rings (SSSR count). The SMILES string of the molecule is COc1ccc(C)cc1-c1csc(=NC[C@@H]2CCCO2)n1-c1ccc(Br)cc1. The molecule has 1 fully saturated rings.